The van der Waals surface area contributed by atoms with E-state index in [9.17, 15) is 9.59 Å². The van der Waals surface area contributed by atoms with Gasteiger partial charge >= 0.3 is 0 Å². The van der Waals surface area contributed by atoms with Crippen LogP contribution in [0.4, 0.5) is 11.4 Å². The minimum absolute atomic E-state index is 0.232. The summed E-state index contributed by atoms with van der Waals surface area (Å²) < 4.78 is 0. The fraction of sp³-hybridized carbons (Fsp3) is 0.222. The summed E-state index contributed by atoms with van der Waals surface area (Å²) in [6.45, 7) is 1.99. The second-order valence-electron chi connectivity index (χ2n) is 5.72. The lowest BCUT2D eigenvalue weighted by atomic mass is 10.0. The van der Waals surface area contributed by atoms with Gasteiger partial charge in [-0.1, -0.05) is 35.9 Å². The van der Waals surface area contributed by atoms with Gasteiger partial charge in [0.25, 0.3) is 0 Å². The molecule has 2 amide bonds. The Bertz CT molecular complexity index is 689. The molecule has 1 saturated carbocycles. The molecule has 0 aliphatic heterocycles. The third-order valence-electron chi connectivity index (χ3n) is 3.96. The van der Waals surface area contributed by atoms with Gasteiger partial charge in [0, 0.05) is 11.4 Å². The van der Waals surface area contributed by atoms with Gasteiger partial charge in [0.05, 0.1) is 0 Å². The van der Waals surface area contributed by atoms with Crippen LogP contribution in [0.5, 0.6) is 0 Å². The topological polar surface area (TPSA) is 58.2 Å². The summed E-state index contributed by atoms with van der Waals surface area (Å²) in [6.07, 6.45) is 1.17. The van der Waals surface area contributed by atoms with Crippen LogP contribution in [0.2, 0.25) is 0 Å². The van der Waals surface area contributed by atoms with E-state index in [0.717, 1.165) is 11.3 Å². The number of benzene rings is 2. The molecule has 1 fully saturated rings. The van der Waals surface area contributed by atoms with Gasteiger partial charge in [-0.25, -0.2) is 0 Å². The molecule has 3 rings (SSSR count). The first kappa shape index (κ1) is 14.3. The lowest BCUT2D eigenvalue weighted by molar-refractivity contribution is -0.131. The van der Waals surface area contributed by atoms with Crippen molar-refractivity contribution in [1.82, 2.24) is 0 Å². The van der Waals surface area contributed by atoms with E-state index in [1.807, 2.05) is 61.5 Å². The molecule has 0 saturated heterocycles. The molecule has 2 aromatic rings. The number of carbonyl (C=O) groups is 2. The van der Waals surface area contributed by atoms with Crippen molar-refractivity contribution in [3.63, 3.8) is 0 Å². The van der Waals surface area contributed by atoms with E-state index in [0.29, 0.717) is 18.5 Å². The molecule has 0 unspecified atom stereocenters. The van der Waals surface area contributed by atoms with Gasteiger partial charge < -0.3 is 10.6 Å². The predicted octanol–water partition coefficient (Wildman–Crippen LogP) is 3.35. The molecule has 1 aliphatic rings. The van der Waals surface area contributed by atoms with Crippen LogP contribution >= 0.6 is 0 Å². The van der Waals surface area contributed by atoms with Crippen molar-refractivity contribution in [3.8, 4) is 0 Å². The van der Waals surface area contributed by atoms with Gasteiger partial charge in [0.15, 0.2) is 0 Å². The molecule has 0 atom stereocenters. The number of hydrogen-bond acceptors (Lipinski definition) is 2. The van der Waals surface area contributed by atoms with Crippen LogP contribution < -0.4 is 10.6 Å². The summed E-state index contributed by atoms with van der Waals surface area (Å²) in [5.41, 5.74) is 1.62. The lowest BCUT2D eigenvalue weighted by Crippen LogP contribution is -2.35. The zero-order valence-corrected chi connectivity index (χ0v) is 12.4. The van der Waals surface area contributed by atoms with E-state index >= 15 is 0 Å². The minimum atomic E-state index is -0.930. The summed E-state index contributed by atoms with van der Waals surface area (Å²) in [5.74, 6) is -0.465. The fourth-order valence-corrected chi connectivity index (χ4v) is 2.34. The molecule has 0 radical (unpaired) electrons. The Labute approximate surface area is 129 Å². The Kier molecular flexibility index (Phi) is 3.67. The predicted molar refractivity (Wildman–Crippen MR) is 86.5 cm³/mol. The van der Waals surface area contributed by atoms with Gasteiger partial charge in [-0.05, 0) is 44.0 Å². The van der Waals surface area contributed by atoms with E-state index in [1.54, 1.807) is 0 Å². The zero-order valence-electron chi connectivity index (χ0n) is 12.4. The normalized spacial score (nSPS) is 15.0. The molecule has 2 aromatic carbocycles. The van der Waals surface area contributed by atoms with Crippen LogP contribution in [0.15, 0.2) is 54.6 Å². The summed E-state index contributed by atoms with van der Waals surface area (Å²) in [5, 5.41) is 5.66. The highest BCUT2D eigenvalue weighted by molar-refractivity contribution is 6.16. The van der Waals surface area contributed by atoms with E-state index in [2.05, 4.69) is 10.6 Å². The van der Waals surface area contributed by atoms with E-state index < -0.39 is 5.41 Å². The number of anilines is 2. The Morgan fingerprint density at radius 1 is 0.818 bits per heavy atom. The summed E-state index contributed by atoms with van der Waals surface area (Å²) >= 11 is 0. The number of amides is 2. The van der Waals surface area contributed by atoms with Crippen molar-refractivity contribution in [1.29, 1.82) is 0 Å². The first-order chi connectivity index (χ1) is 10.6. The van der Waals surface area contributed by atoms with Crippen LogP contribution in [0.25, 0.3) is 0 Å². The standard InChI is InChI=1S/C18H18N2O2/c1-13-7-9-15(10-8-13)20-17(22)18(11-12-18)16(21)19-14-5-3-2-4-6-14/h2-10H,11-12H2,1H3,(H,19,21)(H,20,22). The monoisotopic (exact) mass is 294 g/mol. The van der Waals surface area contributed by atoms with Gasteiger partial charge in [-0.15, -0.1) is 0 Å². The average Bonchev–Trinajstić information content (AvgIpc) is 3.32. The van der Waals surface area contributed by atoms with Gasteiger partial charge in [-0.3, -0.25) is 9.59 Å². The van der Waals surface area contributed by atoms with Crippen molar-refractivity contribution < 1.29 is 9.59 Å². The molecule has 0 heterocycles. The highest BCUT2D eigenvalue weighted by Crippen LogP contribution is 2.47. The highest BCUT2D eigenvalue weighted by Gasteiger charge is 2.56. The number of nitrogens with one attached hydrogen (secondary N) is 2. The third-order valence-corrected chi connectivity index (χ3v) is 3.96. The Hall–Kier alpha value is -2.62. The second-order valence-corrected chi connectivity index (χ2v) is 5.72. The Balaban J connectivity index is 1.68. The quantitative estimate of drug-likeness (QED) is 0.850. The van der Waals surface area contributed by atoms with Crippen LogP contribution in [0.3, 0.4) is 0 Å². The van der Waals surface area contributed by atoms with Crippen LogP contribution in [0.1, 0.15) is 18.4 Å². The van der Waals surface area contributed by atoms with Crippen LogP contribution in [0, 0.1) is 12.3 Å². The first-order valence-electron chi connectivity index (χ1n) is 7.35. The van der Waals surface area contributed by atoms with Crippen LogP contribution in [-0.4, -0.2) is 11.8 Å². The summed E-state index contributed by atoms with van der Waals surface area (Å²) in [7, 11) is 0. The maximum Gasteiger partial charge on any atom is 0.240 e. The van der Waals surface area contributed by atoms with Gasteiger partial charge in [0.1, 0.15) is 5.41 Å². The Morgan fingerprint density at radius 2 is 1.32 bits per heavy atom. The minimum Gasteiger partial charge on any atom is -0.325 e. The molecule has 0 bridgehead atoms. The number of carbonyl (C=O) groups excluding carboxylic acids is 2. The molecule has 4 heteroatoms. The van der Waals surface area contributed by atoms with Gasteiger partial charge in [0.2, 0.25) is 11.8 Å². The smallest absolute Gasteiger partial charge is 0.240 e. The molecule has 1 aliphatic carbocycles. The van der Waals surface area contributed by atoms with E-state index in [1.165, 1.54) is 0 Å². The molecule has 0 spiro atoms. The van der Waals surface area contributed by atoms with E-state index in [4.69, 9.17) is 0 Å². The molecule has 112 valence electrons. The van der Waals surface area contributed by atoms with Crippen LogP contribution in [-0.2, 0) is 9.59 Å². The number of rotatable bonds is 4. The second kappa shape index (κ2) is 5.64. The fourth-order valence-electron chi connectivity index (χ4n) is 2.34. The maximum absolute atomic E-state index is 12.4. The molecular weight excluding hydrogens is 276 g/mol. The molecular formula is C18H18N2O2. The molecule has 22 heavy (non-hydrogen) atoms. The summed E-state index contributed by atoms with van der Waals surface area (Å²) in [4.78, 5) is 24.9. The van der Waals surface area contributed by atoms with Crippen molar-refractivity contribution in [2.45, 2.75) is 19.8 Å². The maximum atomic E-state index is 12.4. The number of para-hydroxylation sites is 1. The van der Waals surface area contributed by atoms with Crippen molar-refractivity contribution in [2.24, 2.45) is 5.41 Å². The highest BCUT2D eigenvalue weighted by atomic mass is 16.2. The van der Waals surface area contributed by atoms with Crippen molar-refractivity contribution in [2.75, 3.05) is 10.6 Å². The average molecular weight is 294 g/mol. The van der Waals surface area contributed by atoms with E-state index in [-0.39, 0.29) is 11.8 Å². The van der Waals surface area contributed by atoms with Gasteiger partial charge in [-0.2, -0.15) is 0 Å². The SMILES string of the molecule is Cc1ccc(NC(=O)C2(C(=O)Nc3ccccc3)CC2)cc1. The lowest BCUT2D eigenvalue weighted by Gasteiger charge is -2.15. The third kappa shape index (κ3) is 2.86. The first-order valence-corrected chi connectivity index (χ1v) is 7.35. The number of hydrogen-bond donors (Lipinski definition) is 2. The zero-order chi connectivity index (χ0) is 15.6. The van der Waals surface area contributed by atoms with Crippen molar-refractivity contribution in [3.05, 3.63) is 60.2 Å². The molecule has 2 N–H and O–H groups in total. The largest absolute Gasteiger partial charge is 0.325 e. The number of aryl methyl sites for hydroxylation is 1. The van der Waals surface area contributed by atoms with Crippen molar-refractivity contribution >= 4 is 23.2 Å². The molecule has 0 aromatic heterocycles. The Morgan fingerprint density at radius 3 is 1.82 bits per heavy atom. The molecule has 4 nitrogen and oxygen atoms in total. The summed E-state index contributed by atoms with van der Waals surface area (Å²) in [6, 6.07) is 16.8.